The second kappa shape index (κ2) is 2.85. The van der Waals surface area contributed by atoms with Gasteiger partial charge in [-0.25, -0.2) is 0 Å². The number of carbonyl (C=O) groups excluding carboxylic acids is 1. The molecule has 2 N–H and O–H groups in total. The lowest BCUT2D eigenvalue weighted by atomic mass is 10.3. The van der Waals surface area contributed by atoms with Gasteiger partial charge in [0.05, 0.1) is 11.7 Å². The number of nitrogens with zero attached hydrogens (tertiary/aromatic N) is 2. The van der Waals surface area contributed by atoms with Crippen molar-refractivity contribution in [2.75, 3.05) is 7.05 Å². The molecule has 13 heavy (non-hydrogen) atoms. The Kier molecular flexibility index (Phi) is 1.70. The first-order valence-corrected chi connectivity index (χ1v) is 3.82. The first-order valence-electron chi connectivity index (χ1n) is 3.82. The van der Waals surface area contributed by atoms with Crippen LogP contribution in [0, 0.1) is 0 Å². The van der Waals surface area contributed by atoms with Crippen LogP contribution >= 0.6 is 0 Å². The third kappa shape index (κ3) is 1.24. The van der Waals surface area contributed by atoms with Crippen LogP contribution in [-0.4, -0.2) is 28.1 Å². The minimum absolute atomic E-state index is 0.198. The van der Waals surface area contributed by atoms with Gasteiger partial charge in [-0.2, -0.15) is 5.10 Å². The summed E-state index contributed by atoms with van der Waals surface area (Å²) < 4.78 is 0. The van der Waals surface area contributed by atoms with Gasteiger partial charge in [-0.05, 0) is 6.07 Å². The Morgan fingerprint density at radius 1 is 1.54 bits per heavy atom. The second-order valence-electron chi connectivity index (χ2n) is 2.61. The highest BCUT2D eigenvalue weighted by atomic mass is 16.1. The Balaban J connectivity index is 2.54. The molecule has 0 aromatic carbocycles. The van der Waals surface area contributed by atoms with Crippen LogP contribution in [0.4, 0.5) is 0 Å². The summed E-state index contributed by atoms with van der Waals surface area (Å²) in [7, 11) is 1.57. The molecule has 5 heteroatoms. The van der Waals surface area contributed by atoms with Crippen molar-refractivity contribution in [2.24, 2.45) is 0 Å². The number of hydrogen-bond donors (Lipinski definition) is 2. The summed E-state index contributed by atoms with van der Waals surface area (Å²) >= 11 is 0. The topological polar surface area (TPSA) is 70.7 Å². The number of rotatable bonds is 1. The highest BCUT2D eigenvalue weighted by Gasteiger charge is 2.05. The fourth-order valence-electron chi connectivity index (χ4n) is 1.09. The number of fused-ring (bicyclic) bond motifs is 1. The number of pyridine rings is 1. The summed E-state index contributed by atoms with van der Waals surface area (Å²) in [6.45, 7) is 0. The SMILES string of the molecule is CNC(=O)c1cc2[nH]ncc2cn1. The van der Waals surface area contributed by atoms with Gasteiger partial charge in [-0.15, -0.1) is 0 Å². The Hall–Kier alpha value is -1.91. The maximum atomic E-state index is 11.2. The smallest absolute Gasteiger partial charge is 0.269 e. The molecule has 0 radical (unpaired) electrons. The molecule has 5 nitrogen and oxygen atoms in total. The standard InChI is InChI=1S/C8H8N4O/c1-9-8(13)7-2-6-5(3-10-7)4-11-12-6/h2-4H,1H3,(H,9,13)(H,11,12). The van der Waals surface area contributed by atoms with Gasteiger partial charge < -0.3 is 5.32 Å². The van der Waals surface area contributed by atoms with Crippen LogP contribution in [0.25, 0.3) is 10.9 Å². The molecule has 0 bridgehead atoms. The molecule has 1 amide bonds. The zero-order valence-corrected chi connectivity index (χ0v) is 7.03. The minimum atomic E-state index is -0.198. The fraction of sp³-hybridized carbons (Fsp3) is 0.125. The molecule has 66 valence electrons. The van der Waals surface area contributed by atoms with E-state index in [1.54, 1.807) is 25.5 Å². The van der Waals surface area contributed by atoms with Gasteiger partial charge in [-0.1, -0.05) is 0 Å². The molecule has 2 rings (SSSR count). The van der Waals surface area contributed by atoms with Crippen molar-refractivity contribution in [1.82, 2.24) is 20.5 Å². The minimum Gasteiger partial charge on any atom is -0.354 e. The van der Waals surface area contributed by atoms with E-state index < -0.39 is 0 Å². The van der Waals surface area contributed by atoms with Crippen molar-refractivity contribution in [3.8, 4) is 0 Å². The van der Waals surface area contributed by atoms with E-state index in [0.29, 0.717) is 5.69 Å². The van der Waals surface area contributed by atoms with Gasteiger partial charge in [0.25, 0.3) is 5.91 Å². The van der Waals surface area contributed by atoms with Crippen LogP contribution in [0.5, 0.6) is 0 Å². The highest BCUT2D eigenvalue weighted by Crippen LogP contribution is 2.09. The summed E-state index contributed by atoms with van der Waals surface area (Å²) in [6.07, 6.45) is 3.28. The molecule has 0 unspecified atom stereocenters. The molecule has 0 atom stereocenters. The molecule has 2 heterocycles. The molecule has 2 aromatic rings. The monoisotopic (exact) mass is 176 g/mol. The largest absolute Gasteiger partial charge is 0.354 e. The lowest BCUT2D eigenvalue weighted by molar-refractivity contribution is 0.0958. The second-order valence-corrected chi connectivity index (χ2v) is 2.61. The Morgan fingerprint density at radius 3 is 3.15 bits per heavy atom. The van der Waals surface area contributed by atoms with Crippen LogP contribution in [-0.2, 0) is 0 Å². The number of H-pyrrole nitrogens is 1. The van der Waals surface area contributed by atoms with Gasteiger partial charge >= 0.3 is 0 Å². The summed E-state index contributed by atoms with van der Waals surface area (Å²) in [6, 6.07) is 1.67. The fourth-order valence-corrected chi connectivity index (χ4v) is 1.09. The Labute approximate surface area is 74.2 Å². The van der Waals surface area contributed by atoms with Gasteiger partial charge in [-0.3, -0.25) is 14.9 Å². The average Bonchev–Trinajstić information content (AvgIpc) is 2.63. The molecular weight excluding hydrogens is 168 g/mol. The van der Waals surface area contributed by atoms with E-state index >= 15 is 0 Å². The zero-order chi connectivity index (χ0) is 9.26. The summed E-state index contributed by atoms with van der Waals surface area (Å²) in [5, 5.41) is 10.00. The summed E-state index contributed by atoms with van der Waals surface area (Å²) in [5.74, 6) is -0.198. The lowest BCUT2D eigenvalue weighted by Gasteiger charge is -1.97. The number of carbonyl (C=O) groups is 1. The van der Waals surface area contributed by atoms with Gasteiger partial charge in [0.15, 0.2) is 0 Å². The van der Waals surface area contributed by atoms with Crippen LogP contribution in [0.3, 0.4) is 0 Å². The molecule has 0 spiro atoms. The van der Waals surface area contributed by atoms with Gasteiger partial charge in [0.1, 0.15) is 5.69 Å². The number of amides is 1. The van der Waals surface area contributed by atoms with Crippen molar-refractivity contribution in [2.45, 2.75) is 0 Å². The van der Waals surface area contributed by atoms with E-state index in [1.807, 2.05) is 0 Å². The van der Waals surface area contributed by atoms with E-state index in [2.05, 4.69) is 20.5 Å². The maximum absolute atomic E-state index is 11.2. The Bertz CT molecular complexity index is 448. The van der Waals surface area contributed by atoms with E-state index in [4.69, 9.17) is 0 Å². The van der Waals surface area contributed by atoms with E-state index in [1.165, 1.54) is 0 Å². The molecule has 0 aliphatic heterocycles. The van der Waals surface area contributed by atoms with Gasteiger partial charge in [0, 0.05) is 18.6 Å². The number of aromatic nitrogens is 3. The molecule has 2 aromatic heterocycles. The van der Waals surface area contributed by atoms with E-state index in [9.17, 15) is 4.79 Å². The molecule has 0 saturated carbocycles. The van der Waals surface area contributed by atoms with Crippen LogP contribution < -0.4 is 5.32 Å². The van der Waals surface area contributed by atoms with Crippen molar-refractivity contribution in [1.29, 1.82) is 0 Å². The quantitative estimate of drug-likeness (QED) is 0.657. The number of aromatic amines is 1. The van der Waals surface area contributed by atoms with Crippen molar-refractivity contribution >= 4 is 16.8 Å². The first kappa shape index (κ1) is 7.72. The zero-order valence-electron chi connectivity index (χ0n) is 7.03. The molecular formula is C8H8N4O. The summed E-state index contributed by atoms with van der Waals surface area (Å²) in [4.78, 5) is 15.1. The van der Waals surface area contributed by atoms with Gasteiger partial charge in [0.2, 0.25) is 0 Å². The highest BCUT2D eigenvalue weighted by molar-refractivity contribution is 5.95. The van der Waals surface area contributed by atoms with Crippen LogP contribution in [0.1, 0.15) is 10.5 Å². The van der Waals surface area contributed by atoms with Crippen molar-refractivity contribution < 1.29 is 4.79 Å². The average molecular weight is 176 g/mol. The normalized spacial score (nSPS) is 10.2. The van der Waals surface area contributed by atoms with E-state index in [-0.39, 0.29) is 5.91 Å². The summed E-state index contributed by atoms with van der Waals surface area (Å²) in [5.41, 5.74) is 1.20. The van der Waals surface area contributed by atoms with Crippen LogP contribution in [0.15, 0.2) is 18.5 Å². The molecule has 0 fully saturated rings. The molecule has 0 aliphatic rings. The van der Waals surface area contributed by atoms with Crippen LogP contribution in [0.2, 0.25) is 0 Å². The predicted octanol–water partition coefficient (Wildman–Crippen LogP) is 0.318. The van der Waals surface area contributed by atoms with Crippen molar-refractivity contribution in [3.05, 3.63) is 24.2 Å². The molecule has 0 saturated heterocycles. The number of hydrogen-bond acceptors (Lipinski definition) is 3. The predicted molar refractivity (Wildman–Crippen MR) is 47.3 cm³/mol. The number of nitrogens with one attached hydrogen (secondary N) is 2. The third-order valence-corrected chi connectivity index (χ3v) is 1.78. The first-order chi connectivity index (χ1) is 6.31. The maximum Gasteiger partial charge on any atom is 0.269 e. The third-order valence-electron chi connectivity index (χ3n) is 1.78. The Morgan fingerprint density at radius 2 is 2.38 bits per heavy atom. The van der Waals surface area contributed by atoms with E-state index in [0.717, 1.165) is 10.9 Å². The lowest BCUT2D eigenvalue weighted by Crippen LogP contribution is -2.18. The molecule has 0 aliphatic carbocycles. The van der Waals surface area contributed by atoms with Crippen molar-refractivity contribution in [3.63, 3.8) is 0 Å².